The number of carboxylic acids is 1. The van der Waals surface area contributed by atoms with Gasteiger partial charge in [0.1, 0.15) is 9.77 Å². The van der Waals surface area contributed by atoms with E-state index >= 15 is 0 Å². The summed E-state index contributed by atoms with van der Waals surface area (Å²) in [6.07, 6.45) is 1.09. The second kappa shape index (κ2) is 5.10. The number of carboxylic acid groups (broad SMARTS) is 1. The van der Waals surface area contributed by atoms with Crippen LogP contribution in [-0.4, -0.2) is 47.6 Å². The number of hydrogen-bond donors (Lipinski definition) is 2. The molecule has 1 atom stereocenters. The van der Waals surface area contributed by atoms with Gasteiger partial charge in [0.25, 0.3) is 0 Å². The minimum absolute atomic E-state index is 0.0102. The van der Waals surface area contributed by atoms with Crippen LogP contribution in [0.3, 0.4) is 0 Å². The Morgan fingerprint density at radius 1 is 1.50 bits per heavy atom. The maximum atomic E-state index is 12.6. The third-order valence-corrected chi connectivity index (χ3v) is 6.60. The monoisotopic (exact) mass is 319 g/mol. The zero-order valence-electron chi connectivity index (χ0n) is 11.3. The molecule has 1 aliphatic heterocycles. The van der Waals surface area contributed by atoms with Gasteiger partial charge in [-0.2, -0.15) is 4.31 Å². The number of aromatic carboxylic acids is 1. The van der Waals surface area contributed by atoms with Gasteiger partial charge >= 0.3 is 5.97 Å². The number of aryl methyl sites for hydroxylation is 1. The van der Waals surface area contributed by atoms with Crippen LogP contribution in [0.15, 0.2) is 10.3 Å². The molecule has 0 aromatic carbocycles. The predicted octanol–water partition coefficient (Wildman–Crippen LogP) is 1.29. The van der Waals surface area contributed by atoms with Crippen molar-refractivity contribution >= 4 is 27.3 Å². The smallest absolute Gasteiger partial charge is 0.347 e. The van der Waals surface area contributed by atoms with E-state index in [2.05, 4.69) is 0 Å². The third-order valence-electron chi connectivity index (χ3n) is 3.35. The maximum Gasteiger partial charge on any atom is 0.347 e. The largest absolute Gasteiger partial charge is 0.477 e. The minimum atomic E-state index is -3.89. The molecule has 0 spiro atoms. The number of β-amino-alcohol motifs (C(OH)–C–C–N with tert-alkyl or cyclic N) is 1. The van der Waals surface area contributed by atoms with Crippen LogP contribution in [-0.2, 0) is 10.0 Å². The van der Waals surface area contributed by atoms with Gasteiger partial charge in [-0.05, 0) is 37.6 Å². The van der Waals surface area contributed by atoms with Crippen molar-refractivity contribution in [2.75, 3.05) is 13.1 Å². The summed E-state index contributed by atoms with van der Waals surface area (Å²) < 4.78 is 26.5. The normalized spacial score (nSPS) is 24.8. The van der Waals surface area contributed by atoms with E-state index in [0.717, 1.165) is 11.3 Å². The number of piperidine rings is 1. The molecule has 2 rings (SSSR count). The SMILES string of the molecule is Cc1csc(C(=O)O)c1S(=O)(=O)N1CCCC(C)(O)C1. The molecular weight excluding hydrogens is 302 g/mol. The first-order valence-corrected chi connectivity index (χ1v) is 8.51. The van der Waals surface area contributed by atoms with Crippen LogP contribution in [0.1, 0.15) is 35.0 Å². The first-order valence-electron chi connectivity index (χ1n) is 6.19. The van der Waals surface area contributed by atoms with Gasteiger partial charge in [-0.15, -0.1) is 11.3 Å². The molecule has 1 aromatic rings. The van der Waals surface area contributed by atoms with Gasteiger partial charge in [0.05, 0.1) is 5.60 Å². The second-order valence-electron chi connectivity index (χ2n) is 5.32. The van der Waals surface area contributed by atoms with E-state index in [9.17, 15) is 18.3 Å². The summed E-state index contributed by atoms with van der Waals surface area (Å²) in [5.74, 6) is -1.24. The Morgan fingerprint density at radius 2 is 2.15 bits per heavy atom. The molecule has 0 saturated carbocycles. The number of hydrogen-bond acceptors (Lipinski definition) is 5. The molecule has 1 fully saturated rings. The fraction of sp³-hybridized carbons (Fsp3) is 0.583. The van der Waals surface area contributed by atoms with Crippen molar-refractivity contribution in [3.05, 3.63) is 15.8 Å². The first-order chi connectivity index (χ1) is 9.15. The molecule has 1 saturated heterocycles. The Bertz CT molecular complexity index is 632. The number of nitrogens with zero attached hydrogens (tertiary/aromatic N) is 1. The summed E-state index contributed by atoms with van der Waals surface area (Å²) in [7, 11) is -3.89. The van der Waals surface area contributed by atoms with Crippen LogP contribution in [0.4, 0.5) is 0 Å². The molecule has 20 heavy (non-hydrogen) atoms. The van der Waals surface area contributed by atoms with Gasteiger partial charge in [0, 0.05) is 13.1 Å². The molecular formula is C12H17NO5S2. The quantitative estimate of drug-likeness (QED) is 0.875. The Balaban J connectivity index is 2.46. The van der Waals surface area contributed by atoms with E-state index in [1.54, 1.807) is 13.8 Å². The van der Waals surface area contributed by atoms with E-state index in [-0.39, 0.29) is 16.3 Å². The van der Waals surface area contributed by atoms with Crippen LogP contribution in [0.5, 0.6) is 0 Å². The van der Waals surface area contributed by atoms with Crippen LogP contribution >= 0.6 is 11.3 Å². The topological polar surface area (TPSA) is 94.9 Å². The second-order valence-corrected chi connectivity index (χ2v) is 8.08. The van der Waals surface area contributed by atoms with E-state index in [0.29, 0.717) is 24.9 Å². The van der Waals surface area contributed by atoms with Crippen molar-refractivity contribution in [2.45, 2.75) is 37.2 Å². The molecule has 6 nitrogen and oxygen atoms in total. The average Bonchev–Trinajstić information content (AvgIpc) is 2.70. The highest BCUT2D eigenvalue weighted by Gasteiger charge is 2.38. The Kier molecular flexibility index (Phi) is 3.94. The van der Waals surface area contributed by atoms with Crippen molar-refractivity contribution in [1.29, 1.82) is 0 Å². The number of carbonyl (C=O) groups is 1. The van der Waals surface area contributed by atoms with Crippen molar-refractivity contribution in [3.63, 3.8) is 0 Å². The molecule has 1 aliphatic rings. The Morgan fingerprint density at radius 3 is 2.70 bits per heavy atom. The van der Waals surface area contributed by atoms with Gasteiger partial charge in [-0.25, -0.2) is 13.2 Å². The molecule has 8 heteroatoms. The first kappa shape index (κ1) is 15.4. The lowest BCUT2D eigenvalue weighted by atomic mass is 9.97. The highest BCUT2D eigenvalue weighted by atomic mass is 32.2. The van der Waals surface area contributed by atoms with Gasteiger partial charge in [-0.1, -0.05) is 0 Å². The Labute approximate surface area is 121 Å². The van der Waals surface area contributed by atoms with Crippen LogP contribution in [0.2, 0.25) is 0 Å². The van der Waals surface area contributed by atoms with E-state index < -0.39 is 21.6 Å². The molecule has 1 aromatic heterocycles. The summed E-state index contributed by atoms with van der Waals surface area (Å²) in [6.45, 7) is 3.46. The number of aliphatic hydroxyl groups is 1. The highest BCUT2D eigenvalue weighted by molar-refractivity contribution is 7.89. The summed E-state index contributed by atoms with van der Waals surface area (Å²) >= 11 is 0.907. The van der Waals surface area contributed by atoms with Crippen LogP contribution in [0, 0.1) is 6.92 Å². The summed E-state index contributed by atoms with van der Waals surface area (Å²) in [6, 6.07) is 0. The minimum Gasteiger partial charge on any atom is -0.477 e. The number of thiophene rings is 1. The standard InChI is InChI=1S/C12H17NO5S2/c1-8-6-19-9(11(14)15)10(8)20(17,18)13-5-3-4-12(2,16)7-13/h6,16H,3-5,7H2,1-2H3,(H,14,15). The zero-order chi connectivity index (χ0) is 15.1. The van der Waals surface area contributed by atoms with Crippen molar-refractivity contribution < 1.29 is 23.4 Å². The number of rotatable bonds is 3. The fourth-order valence-corrected chi connectivity index (χ4v) is 5.59. The fourth-order valence-electron chi connectivity index (χ4n) is 2.41. The van der Waals surface area contributed by atoms with Gasteiger partial charge in [-0.3, -0.25) is 0 Å². The predicted molar refractivity (Wildman–Crippen MR) is 74.6 cm³/mol. The summed E-state index contributed by atoms with van der Waals surface area (Å²) in [5, 5.41) is 20.7. The molecule has 112 valence electrons. The van der Waals surface area contributed by atoms with E-state index in [1.807, 2.05) is 0 Å². The lowest BCUT2D eigenvalue weighted by Gasteiger charge is -2.36. The van der Waals surface area contributed by atoms with Crippen LogP contribution in [0.25, 0.3) is 0 Å². The zero-order valence-corrected chi connectivity index (χ0v) is 12.9. The van der Waals surface area contributed by atoms with Crippen molar-refractivity contribution in [1.82, 2.24) is 4.31 Å². The molecule has 0 aliphatic carbocycles. The van der Waals surface area contributed by atoms with E-state index in [1.165, 1.54) is 9.69 Å². The molecule has 2 heterocycles. The molecule has 0 amide bonds. The van der Waals surface area contributed by atoms with Crippen LogP contribution < -0.4 is 0 Å². The average molecular weight is 319 g/mol. The molecule has 0 bridgehead atoms. The number of sulfonamides is 1. The summed E-state index contributed by atoms with van der Waals surface area (Å²) in [5.41, 5.74) is -0.642. The van der Waals surface area contributed by atoms with Crippen molar-refractivity contribution in [3.8, 4) is 0 Å². The summed E-state index contributed by atoms with van der Waals surface area (Å²) in [4.78, 5) is 10.9. The lowest BCUT2D eigenvalue weighted by molar-refractivity contribution is 0.00939. The molecule has 0 radical (unpaired) electrons. The lowest BCUT2D eigenvalue weighted by Crippen LogP contribution is -2.48. The Hall–Kier alpha value is -0.960. The van der Waals surface area contributed by atoms with E-state index in [4.69, 9.17) is 5.11 Å². The van der Waals surface area contributed by atoms with Gasteiger partial charge in [0.2, 0.25) is 10.0 Å². The van der Waals surface area contributed by atoms with Gasteiger partial charge in [0.15, 0.2) is 0 Å². The van der Waals surface area contributed by atoms with Crippen molar-refractivity contribution in [2.24, 2.45) is 0 Å². The molecule has 2 N–H and O–H groups in total. The highest BCUT2D eigenvalue weighted by Crippen LogP contribution is 2.32. The maximum absolute atomic E-state index is 12.6. The van der Waals surface area contributed by atoms with Gasteiger partial charge < -0.3 is 10.2 Å². The third kappa shape index (κ3) is 2.73. The molecule has 1 unspecified atom stereocenters.